The van der Waals surface area contributed by atoms with Crippen LogP contribution in [0, 0.1) is 0 Å². The average molecular weight is 312 g/mol. The normalized spacial score (nSPS) is 18.1. The fraction of sp³-hybridized carbons (Fsp3) is 0.714. The summed E-state index contributed by atoms with van der Waals surface area (Å²) in [5.74, 6) is 2.51. The summed E-state index contributed by atoms with van der Waals surface area (Å²) in [7, 11) is 0. The molecule has 1 aromatic heterocycles. The molecular formula is C14H22BrN3. The zero-order valence-electron chi connectivity index (χ0n) is 11.1. The highest BCUT2D eigenvalue weighted by atomic mass is 79.9. The monoisotopic (exact) mass is 311 g/mol. The predicted octanol–water partition coefficient (Wildman–Crippen LogP) is 4.50. The van der Waals surface area contributed by atoms with Crippen LogP contribution in [-0.4, -0.2) is 16.5 Å². The van der Waals surface area contributed by atoms with Gasteiger partial charge in [-0.3, -0.25) is 0 Å². The van der Waals surface area contributed by atoms with Gasteiger partial charge in [0.15, 0.2) is 0 Å². The molecule has 3 nitrogen and oxygen atoms in total. The lowest BCUT2D eigenvalue weighted by Crippen LogP contribution is -2.10. The number of nitrogens with zero attached hydrogens (tertiary/aromatic N) is 2. The van der Waals surface area contributed by atoms with E-state index in [9.17, 15) is 0 Å². The van der Waals surface area contributed by atoms with E-state index >= 15 is 0 Å². The van der Waals surface area contributed by atoms with Crippen molar-refractivity contribution in [2.45, 2.75) is 57.8 Å². The molecule has 18 heavy (non-hydrogen) atoms. The van der Waals surface area contributed by atoms with E-state index in [0.717, 1.165) is 22.7 Å². The Morgan fingerprint density at radius 2 is 1.89 bits per heavy atom. The predicted molar refractivity (Wildman–Crippen MR) is 79.0 cm³/mol. The van der Waals surface area contributed by atoms with Crippen molar-refractivity contribution in [3.05, 3.63) is 16.5 Å². The molecule has 0 spiro atoms. The number of hydrogen-bond acceptors (Lipinski definition) is 3. The van der Waals surface area contributed by atoms with Gasteiger partial charge in [-0.15, -0.1) is 0 Å². The van der Waals surface area contributed by atoms with Gasteiger partial charge in [0, 0.05) is 18.7 Å². The smallest absolute Gasteiger partial charge is 0.144 e. The molecule has 1 aromatic rings. The molecule has 4 heteroatoms. The van der Waals surface area contributed by atoms with Crippen LogP contribution in [0.25, 0.3) is 0 Å². The number of nitrogens with one attached hydrogen (secondary N) is 1. The number of rotatable bonds is 3. The van der Waals surface area contributed by atoms with Gasteiger partial charge in [-0.1, -0.05) is 32.1 Å². The summed E-state index contributed by atoms with van der Waals surface area (Å²) in [5.41, 5.74) is 0. The van der Waals surface area contributed by atoms with Gasteiger partial charge < -0.3 is 5.32 Å². The zero-order valence-corrected chi connectivity index (χ0v) is 12.7. The molecule has 1 N–H and O–H groups in total. The molecule has 1 fully saturated rings. The first-order chi connectivity index (χ1) is 8.81. The Kier molecular flexibility index (Phi) is 5.42. The number of halogens is 1. The largest absolute Gasteiger partial charge is 0.369 e. The Bertz CT molecular complexity index is 373. The zero-order chi connectivity index (χ0) is 12.8. The molecule has 1 aliphatic carbocycles. The maximum atomic E-state index is 4.69. The molecule has 1 aliphatic rings. The third-order valence-corrected chi connectivity index (χ3v) is 4.16. The van der Waals surface area contributed by atoms with Crippen LogP contribution in [0.1, 0.15) is 63.6 Å². The second kappa shape index (κ2) is 7.07. The summed E-state index contributed by atoms with van der Waals surface area (Å²) < 4.78 is 0.957. The average Bonchev–Trinajstić information content (AvgIpc) is 2.32. The SMILES string of the molecule is CCNc1nc(C2CCCCCCC2)ncc1Br. The molecule has 1 heterocycles. The first kappa shape index (κ1) is 13.8. The molecule has 0 aliphatic heterocycles. The summed E-state index contributed by atoms with van der Waals surface area (Å²) in [5, 5.41) is 3.29. The molecular weight excluding hydrogens is 290 g/mol. The minimum atomic E-state index is 0.552. The molecule has 100 valence electrons. The summed E-state index contributed by atoms with van der Waals surface area (Å²) >= 11 is 3.50. The van der Waals surface area contributed by atoms with E-state index in [1.165, 1.54) is 44.9 Å². The highest BCUT2D eigenvalue weighted by Crippen LogP contribution is 2.30. The molecule has 0 saturated heterocycles. The molecule has 0 aromatic carbocycles. The lowest BCUT2D eigenvalue weighted by Gasteiger charge is -2.19. The highest BCUT2D eigenvalue weighted by molar-refractivity contribution is 9.10. The Hall–Kier alpha value is -0.640. The fourth-order valence-electron chi connectivity index (χ4n) is 2.58. The molecule has 0 unspecified atom stereocenters. The van der Waals surface area contributed by atoms with E-state index in [-0.39, 0.29) is 0 Å². The second-order valence-corrected chi connectivity index (χ2v) is 5.85. The third kappa shape index (κ3) is 3.67. The third-order valence-electron chi connectivity index (χ3n) is 3.58. The van der Waals surface area contributed by atoms with E-state index in [0.29, 0.717) is 5.92 Å². The standard InChI is InChI=1S/C14H22BrN3/c1-2-16-14-12(15)10-17-13(18-14)11-8-6-4-3-5-7-9-11/h10-11H,2-9H2,1H3,(H,16,17,18). The molecule has 1 saturated carbocycles. The first-order valence-corrected chi connectivity index (χ1v) is 7.87. The summed E-state index contributed by atoms with van der Waals surface area (Å²) in [6.07, 6.45) is 11.2. The van der Waals surface area contributed by atoms with Crippen molar-refractivity contribution in [3.63, 3.8) is 0 Å². The van der Waals surface area contributed by atoms with Crippen molar-refractivity contribution in [3.8, 4) is 0 Å². The van der Waals surface area contributed by atoms with Crippen molar-refractivity contribution in [1.29, 1.82) is 0 Å². The minimum absolute atomic E-state index is 0.552. The van der Waals surface area contributed by atoms with Crippen molar-refractivity contribution in [2.24, 2.45) is 0 Å². The minimum Gasteiger partial charge on any atom is -0.369 e. The van der Waals surface area contributed by atoms with Crippen LogP contribution in [0.5, 0.6) is 0 Å². The van der Waals surface area contributed by atoms with Crippen LogP contribution in [0.15, 0.2) is 10.7 Å². The van der Waals surface area contributed by atoms with Crippen LogP contribution in [0.3, 0.4) is 0 Å². The summed E-state index contributed by atoms with van der Waals surface area (Å²) in [6.45, 7) is 2.98. The maximum absolute atomic E-state index is 4.69. The maximum Gasteiger partial charge on any atom is 0.144 e. The Morgan fingerprint density at radius 1 is 1.22 bits per heavy atom. The van der Waals surface area contributed by atoms with Crippen molar-refractivity contribution >= 4 is 21.7 Å². The van der Waals surface area contributed by atoms with Gasteiger partial charge in [-0.2, -0.15) is 0 Å². The Balaban J connectivity index is 2.12. The lowest BCUT2D eigenvalue weighted by atomic mass is 9.90. The second-order valence-electron chi connectivity index (χ2n) is 5.00. The Labute approximate surface area is 118 Å². The molecule has 2 rings (SSSR count). The number of anilines is 1. The quantitative estimate of drug-likeness (QED) is 0.893. The highest BCUT2D eigenvalue weighted by Gasteiger charge is 2.17. The van der Waals surface area contributed by atoms with Gasteiger partial charge in [0.1, 0.15) is 11.6 Å². The fourth-order valence-corrected chi connectivity index (χ4v) is 2.91. The number of hydrogen-bond donors (Lipinski definition) is 1. The summed E-state index contributed by atoms with van der Waals surface area (Å²) in [6, 6.07) is 0. The molecule has 0 amide bonds. The van der Waals surface area contributed by atoms with Gasteiger partial charge in [0.25, 0.3) is 0 Å². The van der Waals surface area contributed by atoms with E-state index in [4.69, 9.17) is 0 Å². The van der Waals surface area contributed by atoms with Gasteiger partial charge in [-0.05, 0) is 35.7 Å². The van der Waals surface area contributed by atoms with Crippen molar-refractivity contribution in [2.75, 3.05) is 11.9 Å². The molecule has 0 bridgehead atoms. The van der Waals surface area contributed by atoms with Gasteiger partial charge >= 0.3 is 0 Å². The topological polar surface area (TPSA) is 37.8 Å². The molecule has 0 atom stereocenters. The first-order valence-electron chi connectivity index (χ1n) is 7.07. The van der Waals surface area contributed by atoms with E-state index < -0.39 is 0 Å². The summed E-state index contributed by atoms with van der Waals surface area (Å²) in [4.78, 5) is 9.21. The van der Waals surface area contributed by atoms with E-state index in [1.807, 2.05) is 6.20 Å². The van der Waals surface area contributed by atoms with Gasteiger partial charge in [-0.25, -0.2) is 9.97 Å². The van der Waals surface area contributed by atoms with E-state index in [2.05, 4.69) is 38.1 Å². The van der Waals surface area contributed by atoms with Crippen LogP contribution in [0.2, 0.25) is 0 Å². The van der Waals surface area contributed by atoms with E-state index in [1.54, 1.807) is 0 Å². The van der Waals surface area contributed by atoms with Crippen molar-refractivity contribution in [1.82, 2.24) is 9.97 Å². The van der Waals surface area contributed by atoms with Crippen LogP contribution >= 0.6 is 15.9 Å². The van der Waals surface area contributed by atoms with Crippen LogP contribution in [0.4, 0.5) is 5.82 Å². The lowest BCUT2D eigenvalue weighted by molar-refractivity contribution is 0.442. The van der Waals surface area contributed by atoms with Crippen LogP contribution < -0.4 is 5.32 Å². The number of aromatic nitrogens is 2. The Morgan fingerprint density at radius 3 is 2.56 bits per heavy atom. The van der Waals surface area contributed by atoms with Crippen LogP contribution in [-0.2, 0) is 0 Å². The van der Waals surface area contributed by atoms with Crippen molar-refractivity contribution < 1.29 is 0 Å². The van der Waals surface area contributed by atoms with Gasteiger partial charge in [0.2, 0.25) is 0 Å². The molecule has 0 radical (unpaired) electrons. The van der Waals surface area contributed by atoms with Gasteiger partial charge in [0.05, 0.1) is 4.47 Å².